The van der Waals surface area contributed by atoms with Gasteiger partial charge in [0.1, 0.15) is 0 Å². The van der Waals surface area contributed by atoms with Crippen LogP contribution in [0.2, 0.25) is 0 Å². The molecule has 0 aliphatic rings. The Hall–Kier alpha value is -2.64. The number of halogens is 4. The van der Waals surface area contributed by atoms with Crippen molar-refractivity contribution in [1.29, 1.82) is 0 Å². The second kappa shape index (κ2) is 11.1. The normalized spacial score (nSPS) is 11.0. The molecule has 0 fully saturated rings. The highest BCUT2D eigenvalue weighted by atomic mass is 32.2. The summed E-state index contributed by atoms with van der Waals surface area (Å²) in [6.45, 7) is 0. The first-order valence-corrected chi connectivity index (χ1v) is 11.5. The van der Waals surface area contributed by atoms with Gasteiger partial charge in [0.2, 0.25) is 0 Å². The lowest BCUT2D eigenvalue weighted by molar-refractivity contribution is 0.368. The molecule has 4 rings (SSSR count). The molecule has 0 saturated carbocycles. The maximum absolute atomic E-state index is 9.75. The molecule has 0 atom stereocenters. The fourth-order valence-corrected chi connectivity index (χ4v) is 5.71. The van der Waals surface area contributed by atoms with Crippen molar-refractivity contribution in [1.82, 2.24) is 0 Å². The van der Waals surface area contributed by atoms with Gasteiger partial charge < -0.3 is 17.3 Å². The summed E-state index contributed by atoms with van der Waals surface area (Å²) in [6, 6.07) is 41.1. The third-order valence-electron chi connectivity index (χ3n) is 4.00. The summed E-state index contributed by atoms with van der Waals surface area (Å²) in [4.78, 5) is 6.58. The molecular formula is C24H19BF4S2. The van der Waals surface area contributed by atoms with Crippen LogP contribution in [0.15, 0.2) is 140 Å². The zero-order chi connectivity index (χ0) is 22.1. The number of rotatable bonds is 5. The van der Waals surface area contributed by atoms with Crippen LogP contribution in [0, 0.1) is 0 Å². The van der Waals surface area contributed by atoms with E-state index in [2.05, 4.69) is 115 Å². The summed E-state index contributed by atoms with van der Waals surface area (Å²) in [5.41, 5.74) is 0. The van der Waals surface area contributed by atoms with E-state index in [1.54, 1.807) is 11.8 Å². The molecule has 4 aromatic rings. The summed E-state index contributed by atoms with van der Waals surface area (Å²) < 4.78 is 39.0. The highest BCUT2D eigenvalue weighted by Crippen LogP contribution is 2.33. The Labute approximate surface area is 186 Å². The lowest BCUT2D eigenvalue weighted by Crippen LogP contribution is -2.04. The SMILES string of the molecule is F[B-](F)(F)F.c1ccc(Sc2ccc([S+](c3ccccc3)c3ccccc3)cc2)cc1. The van der Waals surface area contributed by atoms with Crippen molar-refractivity contribution >= 4 is 29.9 Å². The molecule has 0 radical (unpaired) electrons. The Balaban J connectivity index is 0.000000491. The summed E-state index contributed by atoms with van der Waals surface area (Å²) in [7, 11) is -6.08. The predicted molar refractivity (Wildman–Crippen MR) is 122 cm³/mol. The third kappa shape index (κ3) is 7.85. The van der Waals surface area contributed by atoms with Crippen LogP contribution in [-0.4, -0.2) is 7.25 Å². The van der Waals surface area contributed by atoms with Crippen molar-refractivity contribution in [2.45, 2.75) is 24.5 Å². The van der Waals surface area contributed by atoms with Gasteiger partial charge >= 0.3 is 7.25 Å². The monoisotopic (exact) mass is 458 g/mol. The Kier molecular flexibility index (Phi) is 8.26. The topological polar surface area (TPSA) is 0 Å². The first-order chi connectivity index (χ1) is 14.9. The average Bonchev–Trinajstić information content (AvgIpc) is 2.76. The van der Waals surface area contributed by atoms with Gasteiger partial charge in [0.15, 0.2) is 14.7 Å². The highest BCUT2D eigenvalue weighted by molar-refractivity contribution is 7.99. The van der Waals surface area contributed by atoms with Crippen LogP contribution in [-0.2, 0) is 10.9 Å². The van der Waals surface area contributed by atoms with Crippen molar-refractivity contribution in [3.8, 4) is 0 Å². The fourth-order valence-electron chi connectivity index (χ4n) is 2.79. The Morgan fingerprint density at radius 1 is 0.452 bits per heavy atom. The Bertz CT molecular complexity index is 996. The smallest absolute Gasteiger partial charge is 0.418 e. The van der Waals surface area contributed by atoms with Crippen molar-refractivity contribution in [2.75, 3.05) is 0 Å². The first-order valence-electron chi connectivity index (χ1n) is 9.45. The molecule has 0 aliphatic carbocycles. The van der Waals surface area contributed by atoms with Gasteiger partial charge in [0, 0.05) is 9.79 Å². The second-order valence-corrected chi connectivity index (χ2v) is 9.49. The van der Waals surface area contributed by atoms with Gasteiger partial charge in [0.05, 0.1) is 10.9 Å². The van der Waals surface area contributed by atoms with Gasteiger partial charge in [-0.05, 0) is 60.7 Å². The minimum absolute atomic E-state index is 0.0786. The molecule has 0 aromatic heterocycles. The van der Waals surface area contributed by atoms with E-state index >= 15 is 0 Å². The quantitative estimate of drug-likeness (QED) is 0.165. The van der Waals surface area contributed by atoms with Crippen molar-refractivity contribution in [3.05, 3.63) is 115 Å². The van der Waals surface area contributed by atoms with E-state index in [-0.39, 0.29) is 10.9 Å². The summed E-state index contributed by atoms with van der Waals surface area (Å²) in [5, 5.41) is 0. The fraction of sp³-hybridized carbons (Fsp3) is 0. The Morgan fingerprint density at radius 3 is 1.19 bits per heavy atom. The molecule has 0 spiro atoms. The Morgan fingerprint density at radius 2 is 0.774 bits per heavy atom. The van der Waals surface area contributed by atoms with Crippen LogP contribution in [0.4, 0.5) is 17.3 Å². The predicted octanol–water partition coefficient (Wildman–Crippen LogP) is 8.23. The molecule has 4 aromatic carbocycles. The maximum atomic E-state index is 9.75. The minimum atomic E-state index is -6.00. The average molecular weight is 458 g/mol. The second-order valence-electron chi connectivity index (χ2n) is 6.31. The zero-order valence-corrected chi connectivity index (χ0v) is 18.0. The molecular weight excluding hydrogens is 439 g/mol. The molecule has 31 heavy (non-hydrogen) atoms. The summed E-state index contributed by atoms with van der Waals surface area (Å²) in [6.07, 6.45) is 0. The third-order valence-corrected chi connectivity index (χ3v) is 7.24. The van der Waals surface area contributed by atoms with Gasteiger partial charge in [-0.2, -0.15) is 0 Å². The molecule has 0 saturated heterocycles. The molecule has 0 unspecified atom stereocenters. The van der Waals surface area contributed by atoms with E-state index in [0.29, 0.717) is 0 Å². The van der Waals surface area contributed by atoms with Gasteiger partial charge in [-0.3, -0.25) is 0 Å². The summed E-state index contributed by atoms with van der Waals surface area (Å²) in [5.74, 6) is 0. The molecule has 0 N–H and O–H groups in total. The van der Waals surface area contributed by atoms with E-state index in [0.717, 1.165) is 0 Å². The van der Waals surface area contributed by atoms with E-state index in [9.17, 15) is 17.3 Å². The van der Waals surface area contributed by atoms with Crippen molar-refractivity contribution in [3.63, 3.8) is 0 Å². The van der Waals surface area contributed by atoms with Crippen LogP contribution in [0.3, 0.4) is 0 Å². The minimum Gasteiger partial charge on any atom is -0.418 e. The molecule has 0 aliphatic heterocycles. The lowest BCUT2D eigenvalue weighted by atomic mass is 10.3. The number of benzene rings is 4. The molecule has 0 bridgehead atoms. The maximum Gasteiger partial charge on any atom is 0.673 e. The largest absolute Gasteiger partial charge is 0.673 e. The van der Waals surface area contributed by atoms with Gasteiger partial charge in [0.25, 0.3) is 0 Å². The van der Waals surface area contributed by atoms with Crippen LogP contribution in [0.1, 0.15) is 0 Å². The molecule has 7 heteroatoms. The van der Waals surface area contributed by atoms with E-state index in [4.69, 9.17) is 0 Å². The molecule has 0 amide bonds. The number of hydrogen-bond acceptors (Lipinski definition) is 1. The van der Waals surface area contributed by atoms with Crippen molar-refractivity contribution < 1.29 is 17.3 Å². The highest BCUT2D eigenvalue weighted by Gasteiger charge is 2.28. The van der Waals surface area contributed by atoms with Crippen molar-refractivity contribution in [2.24, 2.45) is 0 Å². The lowest BCUT2D eigenvalue weighted by Gasteiger charge is -2.08. The van der Waals surface area contributed by atoms with Crippen LogP contribution in [0.25, 0.3) is 0 Å². The molecule has 158 valence electrons. The van der Waals surface area contributed by atoms with Crippen LogP contribution in [0.5, 0.6) is 0 Å². The van der Waals surface area contributed by atoms with Gasteiger partial charge in [-0.25, -0.2) is 0 Å². The van der Waals surface area contributed by atoms with E-state index in [1.165, 1.54) is 24.5 Å². The first kappa shape index (κ1) is 23.0. The van der Waals surface area contributed by atoms with Crippen LogP contribution < -0.4 is 0 Å². The van der Waals surface area contributed by atoms with Gasteiger partial charge in [-0.1, -0.05) is 66.4 Å². The molecule has 0 heterocycles. The zero-order valence-electron chi connectivity index (χ0n) is 16.4. The standard InChI is InChI=1S/C24H19S2.BF4/c1-4-10-20(11-5-1)25-21-16-18-24(19-17-21)26(22-12-6-2-7-13-22)23-14-8-3-9-15-23;2-1(3,4)5/h1-19H;/q+1;-1. The van der Waals surface area contributed by atoms with Gasteiger partial charge in [-0.15, -0.1) is 0 Å². The molecule has 0 nitrogen and oxygen atoms in total. The van der Waals surface area contributed by atoms with E-state index in [1.807, 2.05) is 0 Å². The van der Waals surface area contributed by atoms with Crippen LogP contribution >= 0.6 is 11.8 Å². The van der Waals surface area contributed by atoms with E-state index < -0.39 is 7.25 Å². The number of hydrogen-bond donors (Lipinski definition) is 0. The summed E-state index contributed by atoms with van der Waals surface area (Å²) >= 11 is 1.80.